The number of carbonyl (C=O) groups is 1. The van der Waals surface area contributed by atoms with Gasteiger partial charge in [-0.05, 0) is 50.6 Å². The molecule has 0 saturated carbocycles. The fraction of sp³-hybridized carbons (Fsp3) is 0.381. The van der Waals surface area contributed by atoms with Crippen molar-refractivity contribution in [3.8, 4) is 5.75 Å². The molecule has 0 bridgehead atoms. The monoisotopic (exact) mass is 511 g/mol. The maximum absolute atomic E-state index is 11.9. The minimum Gasteiger partial charge on any atom is -0.487 e. The Morgan fingerprint density at radius 1 is 1.10 bits per heavy atom. The number of amides is 1. The summed E-state index contributed by atoms with van der Waals surface area (Å²) in [4.78, 5) is 20.3. The van der Waals surface area contributed by atoms with Gasteiger partial charge in [0.15, 0.2) is 5.96 Å². The van der Waals surface area contributed by atoms with Gasteiger partial charge in [0, 0.05) is 25.3 Å². The fourth-order valence-electron chi connectivity index (χ4n) is 2.38. The number of aromatic nitrogens is 1. The molecule has 1 amide bonds. The lowest BCUT2D eigenvalue weighted by Crippen LogP contribution is -2.48. The number of nitrogens with zero attached hydrogens (tertiary/aromatic N) is 2. The summed E-state index contributed by atoms with van der Waals surface area (Å²) in [6, 6.07) is 13.6. The Morgan fingerprint density at radius 3 is 2.41 bits per heavy atom. The summed E-state index contributed by atoms with van der Waals surface area (Å²) in [5.41, 5.74) is 1.71. The van der Waals surface area contributed by atoms with Crippen LogP contribution in [0.25, 0.3) is 0 Å². The number of hydrogen-bond acceptors (Lipinski definition) is 4. The van der Waals surface area contributed by atoms with E-state index in [1.807, 2.05) is 63.2 Å². The molecule has 1 aromatic carbocycles. The molecule has 0 aliphatic heterocycles. The number of ether oxygens (including phenoxy) is 1. The van der Waals surface area contributed by atoms with E-state index in [0.29, 0.717) is 19.1 Å². The van der Waals surface area contributed by atoms with Gasteiger partial charge in [-0.25, -0.2) is 0 Å². The number of aliphatic imine (C=N–C) groups is 1. The Labute approximate surface area is 189 Å². The molecule has 0 saturated heterocycles. The molecular formula is C21H30IN5O2. The summed E-state index contributed by atoms with van der Waals surface area (Å²) in [5.74, 6) is 1.28. The normalized spacial score (nSPS) is 11.2. The van der Waals surface area contributed by atoms with Crippen molar-refractivity contribution in [1.82, 2.24) is 20.9 Å². The maximum Gasteiger partial charge on any atom is 0.239 e. The van der Waals surface area contributed by atoms with E-state index in [1.54, 1.807) is 13.2 Å². The Kier molecular flexibility index (Phi) is 10.4. The van der Waals surface area contributed by atoms with E-state index >= 15 is 0 Å². The zero-order valence-electron chi connectivity index (χ0n) is 17.4. The molecule has 0 spiro atoms. The second-order valence-electron chi connectivity index (χ2n) is 7.33. The molecule has 0 aliphatic rings. The van der Waals surface area contributed by atoms with Crippen LogP contribution < -0.4 is 20.7 Å². The molecule has 0 fully saturated rings. The van der Waals surface area contributed by atoms with Crippen molar-refractivity contribution in [1.29, 1.82) is 0 Å². The quantitative estimate of drug-likeness (QED) is 0.303. The van der Waals surface area contributed by atoms with Gasteiger partial charge in [0.25, 0.3) is 0 Å². The molecule has 0 atom stereocenters. The van der Waals surface area contributed by atoms with Crippen LogP contribution in [-0.4, -0.2) is 36.0 Å². The van der Waals surface area contributed by atoms with Gasteiger partial charge in [0.2, 0.25) is 5.91 Å². The van der Waals surface area contributed by atoms with E-state index in [4.69, 9.17) is 4.74 Å². The number of rotatable bonds is 7. The number of benzene rings is 1. The summed E-state index contributed by atoms with van der Waals surface area (Å²) in [6.07, 6.45) is 1.75. The third kappa shape index (κ3) is 10.1. The molecule has 29 heavy (non-hydrogen) atoms. The lowest BCUT2D eigenvalue weighted by molar-refractivity contribution is -0.121. The van der Waals surface area contributed by atoms with E-state index in [1.165, 1.54) is 0 Å². The van der Waals surface area contributed by atoms with Crippen molar-refractivity contribution in [2.75, 3.05) is 13.6 Å². The number of hydrogen-bond donors (Lipinski definition) is 3. The predicted octanol–water partition coefficient (Wildman–Crippen LogP) is 2.86. The second-order valence-corrected chi connectivity index (χ2v) is 7.33. The molecule has 0 unspecified atom stereocenters. The van der Waals surface area contributed by atoms with Crippen molar-refractivity contribution in [2.45, 2.75) is 39.5 Å². The zero-order chi connectivity index (χ0) is 20.4. The highest BCUT2D eigenvalue weighted by atomic mass is 127. The van der Waals surface area contributed by atoms with Gasteiger partial charge in [-0.2, -0.15) is 0 Å². The minimum atomic E-state index is -0.254. The molecule has 1 heterocycles. The summed E-state index contributed by atoms with van der Waals surface area (Å²) in [5, 5.41) is 9.10. The Bertz CT molecular complexity index is 774. The average molecular weight is 511 g/mol. The molecule has 158 valence electrons. The lowest BCUT2D eigenvalue weighted by atomic mass is 10.1. The van der Waals surface area contributed by atoms with Crippen molar-refractivity contribution in [3.63, 3.8) is 0 Å². The maximum atomic E-state index is 11.9. The summed E-state index contributed by atoms with van der Waals surface area (Å²) >= 11 is 0. The van der Waals surface area contributed by atoms with Crippen LogP contribution in [0.5, 0.6) is 5.75 Å². The molecule has 2 rings (SSSR count). The Hall–Kier alpha value is -2.36. The van der Waals surface area contributed by atoms with Crippen LogP contribution in [0.4, 0.5) is 0 Å². The molecule has 0 radical (unpaired) electrons. The van der Waals surface area contributed by atoms with Gasteiger partial charge in [-0.3, -0.25) is 14.8 Å². The zero-order valence-corrected chi connectivity index (χ0v) is 19.7. The first-order valence-corrected chi connectivity index (χ1v) is 9.23. The molecule has 1 aromatic heterocycles. The van der Waals surface area contributed by atoms with E-state index in [0.717, 1.165) is 17.0 Å². The van der Waals surface area contributed by atoms with Crippen LogP contribution in [0.3, 0.4) is 0 Å². The van der Waals surface area contributed by atoms with Gasteiger partial charge in [-0.1, -0.05) is 18.2 Å². The first kappa shape index (κ1) is 24.7. The van der Waals surface area contributed by atoms with Crippen LogP contribution in [-0.2, 0) is 17.9 Å². The molecular weight excluding hydrogens is 481 g/mol. The molecule has 7 nitrogen and oxygen atoms in total. The number of halogens is 1. The highest BCUT2D eigenvalue weighted by molar-refractivity contribution is 14.0. The highest BCUT2D eigenvalue weighted by Crippen LogP contribution is 2.13. The summed E-state index contributed by atoms with van der Waals surface area (Å²) in [6.45, 7) is 7.02. The standard InChI is InChI=1S/C21H29N5O2.HI/c1-21(2,3)26-19(27)14-25-20(22-4)24-13-16-8-10-18(11-9-16)28-15-17-7-5-6-12-23-17;/h5-12H,13-15H2,1-4H3,(H,26,27)(H2,22,24,25);1H. The first-order valence-electron chi connectivity index (χ1n) is 9.23. The molecule has 0 aliphatic carbocycles. The number of pyridine rings is 1. The van der Waals surface area contributed by atoms with Crippen molar-refractivity contribution < 1.29 is 9.53 Å². The fourth-order valence-corrected chi connectivity index (χ4v) is 2.38. The van der Waals surface area contributed by atoms with Gasteiger partial charge in [0.05, 0.1) is 12.2 Å². The molecule has 8 heteroatoms. The lowest BCUT2D eigenvalue weighted by Gasteiger charge is -2.21. The van der Waals surface area contributed by atoms with Gasteiger partial charge in [0.1, 0.15) is 12.4 Å². The van der Waals surface area contributed by atoms with Crippen molar-refractivity contribution in [3.05, 3.63) is 59.9 Å². The van der Waals surface area contributed by atoms with Crippen LogP contribution in [0.15, 0.2) is 53.7 Å². The molecule has 2 aromatic rings. The van der Waals surface area contributed by atoms with Gasteiger partial charge >= 0.3 is 0 Å². The Morgan fingerprint density at radius 2 is 1.83 bits per heavy atom. The van der Waals surface area contributed by atoms with Gasteiger partial charge < -0.3 is 20.7 Å². The van der Waals surface area contributed by atoms with E-state index in [9.17, 15) is 4.79 Å². The van der Waals surface area contributed by atoms with E-state index in [2.05, 4.69) is 25.9 Å². The van der Waals surface area contributed by atoms with E-state index < -0.39 is 0 Å². The van der Waals surface area contributed by atoms with Crippen LogP contribution >= 0.6 is 24.0 Å². The topological polar surface area (TPSA) is 87.6 Å². The second kappa shape index (κ2) is 12.3. The first-order chi connectivity index (χ1) is 13.4. The summed E-state index contributed by atoms with van der Waals surface area (Å²) in [7, 11) is 1.67. The third-order valence-corrected chi connectivity index (χ3v) is 3.65. The summed E-state index contributed by atoms with van der Waals surface area (Å²) < 4.78 is 5.74. The minimum absolute atomic E-state index is 0. The number of nitrogens with one attached hydrogen (secondary N) is 3. The van der Waals surface area contributed by atoms with Crippen molar-refractivity contribution in [2.24, 2.45) is 4.99 Å². The van der Waals surface area contributed by atoms with Crippen LogP contribution in [0, 0.1) is 0 Å². The average Bonchev–Trinajstić information content (AvgIpc) is 2.67. The largest absolute Gasteiger partial charge is 0.487 e. The number of carbonyl (C=O) groups excluding carboxylic acids is 1. The van der Waals surface area contributed by atoms with Crippen LogP contribution in [0.2, 0.25) is 0 Å². The van der Waals surface area contributed by atoms with Crippen LogP contribution in [0.1, 0.15) is 32.0 Å². The van der Waals surface area contributed by atoms with Crippen molar-refractivity contribution >= 4 is 35.8 Å². The van der Waals surface area contributed by atoms with E-state index in [-0.39, 0.29) is 42.0 Å². The smallest absolute Gasteiger partial charge is 0.239 e. The third-order valence-electron chi connectivity index (χ3n) is 3.65. The predicted molar refractivity (Wildman–Crippen MR) is 127 cm³/mol. The Balaban J connectivity index is 0.00000420. The molecule has 3 N–H and O–H groups in total. The highest BCUT2D eigenvalue weighted by Gasteiger charge is 2.13. The SMILES string of the molecule is CN=C(NCC(=O)NC(C)(C)C)NCc1ccc(OCc2ccccn2)cc1.I. The number of guanidine groups is 1. The van der Waals surface area contributed by atoms with Gasteiger partial charge in [-0.15, -0.1) is 24.0 Å².